The van der Waals surface area contributed by atoms with Gasteiger partial charge in [-0.05, 0) is 60.8 Å². The summed E-state index contributed by atoms with van der Waals surface area (Å²) in [6.45, 7) is 5.97. The molecule has 1 aromatic carbocycles. The average Bonchev–Trinajstić information content (AvgIpc) is 3.14. The van der Waals surface area contributed by atoms with E-state index in [1.807, 2.05) is 44.2 Å². The van der Waals surface area contributed by atoms with Gasteiger partial charge in [0.05, 0.1) is 5.52 Å². The molecule has 7 nitrogen and oxygen atoms in total. The van der Waals surface area contributed by atoms with E-state index in [1.54, 1.807) is 17.8 Å². The van der Waals surface area contributed by atoms with Crippen LogP contribution in [-0.2, 0) is 13.5 Å². The van der Waals surface area contributed by atoms with Crippen LogP contribution in [0.15, 0.2) is 45.8 Å². The molecule has 0 fully saturated rings. The number of hydrogen-bond donors (Lipinski definition) is 1. The molecule has 148 valence electrons. The van der Waals surface area contributed by atoms with Crippen molar-refractivity contribution in [3.63, 3.8) is 0 Å². The summed E-state index contributed by atoms with van der Waals surface area (Å²) in [7, 11) is 1.79. The molecule has 4 aromatic rings. The van der Waals surface area contributed by atoms with Crippen molar-refractivity contribution in [1.29, 1.82) is 0 Å². The Kier molecular flexibility index (Phi) is 4.88. The SMILES string of the molecule is CCCc1nc(Nc2ccc(C)c(-c3cc4cnc(C)cc4n(C)c3=O)c2)no1. The van der Waals surface area contributed by atoms with Crippen LogP contribution >= 0.6 is 0 Å². The zero-order valence-electron chi connectivity index (χ0n) is 17.0. The highest BCUT2D eigenvalue weighted by Gasteiger charge is 2.13. The van der Waals surface area contributed by atoms with Crippen LogP contribution in [0.5, 0.6) is 0 Å². The number of nitrogens with one attached hydrogen (secondary N) is 1. The molecule has 0 saturated heterocycles. The van der Waals surface area contributed by atoms with Crippen LogP contribution in [0.25, 0.3) is 22.0 Å². The molecule has 3 heterocycles. The lowest BCUT2D eigenvalue weighted by molar-refractivity contribution is 0.378. The molecule has 4 rings (SSSR count). The zero-order chi connectivity index (χ0) is 20.5. The number of rotatable bonds is 5. The molecule has 0 aliphatic heterocycles. The minimum atomic E-state index is -0.0480. The summed E-state index contributed by atoms with van der Waals surface area (Å²) in [6, 6.07) is 9.68. The molecule has 7 heteroatoms. The molecule has 0 atom stereocenters. The number of pyridine rings is 2. The average molecular weight is 389 g/mol. The monoisotopic (exact) mass is 389 g/mol. The van der Waals surface area contributed by atoms with Crippen LogP contribution in [0, 0.1) is 13.8 Å². The van der Waals surface area contributed by atoms with Gasteiger partial charge in [-0.3, -0.25) is 9.78 Å². The Bertz CT molecular complexity index is 1260. The van der Waals surface area contributed by atoms with Gasteiger partial charge in [0.2, 0.25) is 5.89 Å². The highest BCUT2D eigenvalue weighted by atomic mass is 16.5. The maximum atomic E-state index is 13.1. The van der Waals surface area contributed by atoms with Gasteiger partial charge in [0.15, 0.2) is 0 Å². The molecule has 0 spiro atoms. The highest BCUT2D eigenvalue weighted by molar-refractivity contribution is 5.85. The van der Waals surface area contributed by atoms with E-state index in [9.17, 15) is 4.79 Å². The van der Waals surface area contributed by atoms with Crippen molar-refractivity contribution < 1.29 is 4.52 Å². The van der Waals surface area contributed by atoms with Gasteiger partial charge in [0.25, 0.3) is 11.5 Å². The molecule has 3 aromatic heterocycles. The Hall–Kier alpha value is -3.48. The van der Waals surface area contributed by atoms with Crippen LogP contribution in [0.2, 0.25) is 0 Å². The summed E-state index contributed by atoms with van der Waals surface area (Å²) in [5, 5.41) is 8.05. The van der Waals surface area contributed by atoms with E-state index in [2.05, 4.69) is 27.4 Å². The van der Waals surface area contributed by atoms with Crippen molar-refractivity contribution in [3.8, 4) is 11.1 Å². The fourth-order valence-corrected chi connectivity index (χ4v) is 3.40. The summed E-state index contributed by atoms with van der Waals surface area (Å²) >= 11 is 0. The van der Waals surface area contributed by atoms with Crippen molar-refractivity contribution >= 4 is 22.5 Å². The summed E-state index contributed by atoms with van der Waals surface area (Å²) < 4.78 is 6.90. The van der Waals surface area contributed by atoms with Crippen LogP contribution in [-0.4, -0.2) is 19.7 Å². The molecule has 0 aliphatic rings. The normalized spacial score (nSPS) is 11.2. The second kappa shape index (κ2) is 7.50. The number of anilines is 2. The summed E-state index contributed by atoms with van der Waals surface area (Å²) in [6.07, 6.45) is 3.49. The second-order valence-electron chi connectivity index (χ2n) is 7.22. The van der Waals surface area contributed by atoms with Crippen LogP contribution in [0.4, 0.5) is 11.6 Å². The molecule has 0 amide bonds. The van der Waals surface area contributed by atoms with Crippen molar-refractivity contribution in [2.75, 3.05) is 5.32 Å². The Balaban J connectivity index is 1.77. The predicted molar refractivity (Wildman–Crippen MR) is 113 cm³/mol. The van der Waals surface area contributed by atoms with E-state index in [4.69, 9.17) is 4.52 Å². The van der Waals surface area contributed by atoms with Gasteiger partial charge >= 0.3 is 0 Å². The Morgan fingerprint density at radius 1 is 1.14 bits per heavy atom. The first kappa shape index (κ1) is 18.9. The number of hydrogen-bond acceptors (Lipinski definition) is 6. The third kappa shape index (κ3) is 3.63. The molecular formula is C22H23N5O2. The van der Waals surface area contributed by atoms with E-state index in [0.29, 0.717) is 17.4 Å². The molecule has 0 bridgehead atoms. The lowest BCUT2D eigenvalue weighted by Gasteiger charge is -2.12. The zero-order valence-corrected chi connectivity index (χ0v) is 17.0. The Morgan fingerprint density at radius 3 is 2.76 bits per heavy atom. The van der Waals surface area contributed by atoms with Gasteiger partial charge in [0, 0.05) is 42.0 Å². The largest absolute Gasteiger partial charge is 0.337 e. The second-order valence-corrected chi connectivity index (χ2v) is 7.22. The lowest BCUT2D eigenvalue weighted by atomic mass is 9.99. The highest BCUT2D eigenvalue weighted by Crippen LogP contribution is 2.27. The smallest absolute Gasteiger partial charge is 0.267 e. The molecule has 0 aliphatic carbocycles. The van der Waals surface area contributed by atoms with Crippen molar-refractivity contribution in [1.82, 2.24) is 19.7 Å². The van der Waals surface area contributed by atoms with Gasteiger partial charge in [-0.2, -0.15) is 4.98 Å². The lowest BCUT2D eigenvalue weighted by Crippen LogP contribution is -2.19. The first-order valence-electron chi connectivity index (χ1n) is 9.63. The van der Waals surface area contributed by atoms with E-state index < -0.39 is 0 Å². The fraction of sp³-hybridized carbons (Fsp3) is 0.273. The molecule has 0 unspecified atom stereocenters. The van der Waals surface area contributed by atoms with E-state index >= 15 is 0 Å². The first-order chi connectivity index (χ1) is 14.0. The maximum absolute atomic E-state index is 13.1. The van der Waals surface area contributed by atoms with Gasteiger partial charge in [-0.25, -0.2) is 0 Å². The molecule has 0 radical (unpaired) electrons. The minimum absolute atomic E-state index is 0.0480. The molecule has 29 heavy (non-hydrogen) atoms. The quantitative estimate of drug-likeness (QED) is 0.548. The number of nitrogens with zero attached hydrogens (tertiary/aromatic N) is 4. The van der Waals surface area contributed by atoms with E-state index in [0.717, 1.165) is 46.3 Å². The maximum Gasteiger partial charge on any atom is 0.267 e. The van der Waals surface area contributed by atoms with Gasteiger partial charge in [-0.15, -0.1) is 0 Å². The number of aryl methyl sites for hydroxylation is 4. The number of benzene rings is 1. The molecule has 0 saturated carbocycles. The first-order valence-corrected chi connectivity index (χ1v) is 9.63. The Morgan fingerprint density at radius 2 is 1.97 bits per heavy atom. The van der Waals surface area contributed by atoms with Crippen LogP contribution in [0.1, 0.15) is 30.5 Å². The predicted octanol–water partition coefficient (Wildman–Crippen LogP) is 4.30. The van der Waals surface area contributed by atoms with Crippen molar-refractivity contribution in [2.45, 2.75) is 33.6 Å². The third-order valence-electron chi connectivity index (χ3n) is 4.96. The fourth-order valence-electron chi connectivity index (χ4n) is 3.40. The molecule has 1 N–H and O–H groups in total. The standard InChI is InChI=1S/C22H23N5O2/c1-5-6-20-25-22(26-29-20)24-16-8-7-13(2)17(11-16)18-10-15-12-23-14(3)9-19(15)27(4)21(18)28/h7-12H,5-6H2,1-4H3,(H,24,26). The summed E-state index contributed by atoms with van der Waals surface area (Å²) in [5.41, 5.74) is 4.99. The van der Waals surface area contributed by atoms with Gasteiger partial charge in [-0.1, -0.05) is 13.0 Å². The number of aromatic nitrogens is 4. The van der Waals surface area contributed by atoms with Crippen molar-refractivity contribution in [3.05, 3.63) is 64.0 Å². The number of fused-ring (bicyclic) bond motifs is 1. The van der Waals surface area contributed by atoms with Crippen LogP contribution < -0.4 is 10.9 Å². The summed E-state index contributed by atoms with van der Waals surface area (Å²) in [4.78, 5) is 21.8. The molecular weight excluding hydrogens is 366 g/mol. The van der Waals surface area contributed by atoms with Gasteiger partial charge < -0.3 is 14.4 Å². The minimum Gasteiger partial charge on any atom is -0.337 e. The third-order valence-corrected chi connectivity index (χ3v) is 4.96. The topological polar surface area (TPSA) is 85.8 Å². The van der Waals surface area contributed by atoms with E-state index in [1.165, 1.54) is 0 Å². The van der Waals surface area contributed by atoms with Crippen LogP contribution in [0.3, 0.4) is 0 Å². The van der Waals surface area contributed by atoms with E-state index in [-0.39, 0.29) is 5.56 Å². The van der Waals surface area contributed by atoms with Gasteiger partial charge in [0.1, 0.15) is 0 Å². The Labute approximate surface area is 168 Å². The van der Waals surface area contributed by atoms with Crippen molar-refractivity contribution in [2.24, 2.45) is 7.05 Å². The summed E-state index contributed by atoms with van der Waals surface area (Å²) in [5.74, 6) is 1.02.